The molecule has 0 nitrogen and oxygen atoms in total. The summed E-state index contributed by atoms with van der Waals surface area (Å²) in [6.45, 7) is 10.9. The standard InChI is InChI=1S/C10H15.I3.Zr/c1-7-6-10(4,5)9(3)8(7)2;1-3-2;/h1-5H3;;/q2*-1;. The van der Waals surface area contributed by atoms with Gasteiger partial charge in [0, 0.05) is 26.2 Å². The van der Waals surface area contributed by atoms with Crippen LogP contribution < -0.4 is 13.3 Å². The van der Waals surface area contributed by atoms with E-state index in [2.05, 4.69) is 77.9 Å². The van der Waals surface area contributed by atoms with Gasteiger partial charge in [-0.15, -0.1) is 6.92 Å². The number of rotatable bonds is 0. The third kappa shape index (κ3) is 5.75. The molecule has 0 heterocycles. The van der Waals surface area contributed by atoms with Gasteiger partial charge in [0.25, 0.3) is 0 Å². The van der Waals surface area contributed by atoms with E-state index in [1.54, 1.807) is 0 Å². The zero-order valence-corrected chi connectivity index (χ0v) is 18.1. The molecule has 0 saturated carbocycles. The van der Waals surface area contributed by atoms with Gasteiger partial charge in [-0.1, -0.05) is 33.1 Å². The first-order chi connectivity index (χ1) is 5.86. The van der Waals surface area contributed by atoms with Gasteiger partial charge in [-0.25, -0.2) is 5.57 Å². The molecule has 0 aromatic heterocycles. The van der Waals surface area contributed by atoms with Crippen molar-refractivity contribution in [3.63, 3.8) is 0 Å². The van der Waals surface area contributed by atoms with Crippen molar-refractivity contribution in [1.29, 1.82) is 0 Å². The molecule has 1 aliphatic carbocycles. The molecule has 82 valence electrons. The summed E-state index contributed by atoms with van der Waals surface area (Å²) >= 11 is 5.30. The van der Waals surface area contributed by atoms with Crippen LogP contribution in [0.5, 0.6) is 0 Å². The summed E-state index contributed by atoms with van der Waals surface area (Å²) in [6.07, 6.45) is 3.44. The maximum Gasteiger partial charge on any atom is 0 e. The van der Waals surface area contributed by atoms with Crippen LogP contribution in [0.25, 0.3) is 0 Å². The molecule has 0 unspecified atom stereocenters. The van der Waals surface area contributed by atoms with Gasteiger partial charge in [0.1, 0.15) is 0 Å². The first-order valence-corrected chi connectivity index (χ1v) is 16.6. The van der Waals surface area contributed by atoms with Crippen LogP contribution in [0, 0.1) is 11.5 Å². The zero-order chi connectivity index (χ0) is 10.6. The maximum absolute atomic E-state index is 3.44. The van der Waals surface area contributed by atoms with E-state index in [0.29, 0.717) is 13.3 Å². The van der Waals surface area contributed by atoms with E-state index >= 15 is 0 Å². The monoisotopic (exact) mass is 606 g/mol. The molecule has 0 fully saturated rings. The number of hydrogen-bond acceptors (Lipinski definition) is 0. The normalized spacial score (nSPS) is 18.4. The molecule has 4 heteroatoms. The molecule has 0 amide bonds. The third-order valence-corrected chi connectivity index (χ3v) is 2.56. The predicted molar refractivity (Wildman–Crippen MR) is 72.6 cm³/mol. The summed E-state index contributed by atoms with van der Waals surface area (Å²) in [4.78, 5) is 0. The van der Waals surface area contributed by atoms with E-state index in [9.17, 15) is 0 Å². The first kappa shape index (κ1) is 18.9. The van der Waals surface area contributed by atoms with Crippen LogP contribution in [-0.4, -0.2) is 0 Å². The van der Waals surface area contributed by atoms with Gasteiger partial charge in [-0.2, -0.15) is 11.1 Å². The molecule has 1 rings (SSSR count). The molecule has 0 radical (unpaired) electrons. The van der Waals surface area contributed by atoms with Crippen molar-refractivity contribution in [3.05, 3.63) is 22.8 Å². The van der Waals surface area contributed by atoms with Crippen molar-refractivity contribution < 1.29 is 39.5 Å². The second-order valence-electron chi connectivity index (χ2n) is 3.68. The van der Waals surface area contributed by atoms with Crippen molar-refractivity contribution in [1.82, 2.24) is 0 Å². The van der Waals surface area contributed by atoms with Crippen LogP contribution in [-0.2, 0) is 26.2 Å². The molecule has 0 aliphatic heterocycles. The van der Waals surface area contributed by atoms with Crippen molar-refractivity contribution in [2.75, 3.05) is 0 Å². The van der Waals surface area contributed by atoms with Gasteiger partial charge in [0.15, 0.2) is 0 Å². The SMILES string of the molecule is CC1=[C-]C(C)(C)C(C)=C1C.I[I-]I.[Zr]. The van der Waals surface area contributed by atoms with Crippen LogP contribution in [0.1, 0.15) is 34.6 Å². The number of hydrogen-bond donors (Lipinski definition) is 0. The summed E-state index contributed by atoms with van der Waals surface area (Å²) in [5.41, 5.74) is 4.39. The minimum Gasteiger partial charge on any atom is 0 e. The van der Waals surface area contributed by atoms with E-state index < -0.39 is 0 Å². The van der Waals surface area contributed by atoms with E-state index in [1.165, 1.54) is 16.7 Å². The second-order valence-corrected chi connectivity index (χ2v) is 19.9. The Morgan fingerprint density at radius 3 is 1.57 bits per heavy atom. The van der Waals surface area contributed by atoms with Crippen molar-refractivity contribution in [2.45, 2.75) is 34.6 Å². The molecule has 0 bridgehead atoms. The van der Waals surface area contributed by atoms with Crippen LogP contribution in [0.4, 0.5) is 0 Å². The Labute approximate surface area is 137 Å². The molecule has 0 atom stereocenters. The summed E-state index contributed by atoms with van der Waals surface area (Å²) in [7, 11) is 0. The van der Waals surface area contributed by atoms with Gasteiger partial charge < -0.3 is 0 Å². The Bertz CT molecular complexity index is 242. The molecule has 14 heavy (non-hydrogen) atoms. The Morgan fingerprint density at radius 1 is 1.14 bits per heavy atom. The molecule has 0 spiro atoms. The molecule has 0 aromatic carbocycles. The summed E-state index contributed by atoms with van der Waals surface area (Å²) in [5.74, 6) is 0. The Balaban J connectivity index is 0. The molecule has 1 aliphatic rings. The molecular formula is C10H15I3Zr-2. The van der Waals surface area contributed by atoms with E-state index in [1.807, 2.05) is 0 Å². The summed E-state index contributed by atoms with van der Waals surface area (Å²) in [5, 5.41) is 0. The van der Waals surface area contributed by atoms with Gasteiger partial charge in [-0.3, -0.25) is 6.08 Å². The van der Waals surface area contributed by atoms with E-state index in [4.69, 9.17) is 0 Å². The van der Waals surface area contributed by atoms with Gasteiger partial charge in [0.05, 0.1) is 0 Å². The van der Waals surface area contributed by atoms with Crippen LogP contribution >= 0.6 is 37.2 Å². The third-order valence-electron chi connectivity index (χ3n) is 2.56. The first-order valence-electron chi connectivity index (χ1n) is 4.04. The molecule has 0 N–H and O–H groups in total. The van der Waals surface area contributed by atoms with Crippen LogP contribution in [0.3, 0.4) is 0 Å². The minimum absolute atomic E-state index is 0. The van der Waals surface area contributed by atoms with Crippen molar-refractivity contribution in [3.8, 4) is 0 Å². The van der Waals surface area contributed by atoms with Gasteiger partial charge >= 0.3 is 50.5 Å². The Morgan fingerprint density at radius 2 is 1.50 bits per heavy atom. The topological polar surface area (TPSA) is 0 Å². The zero-order valence-electron chi connectivity index (χ0n) is 9.13. The van der Waals surface area contributed by atoms with Crippen molar-refractivity contribution in [2.24, 2.45) is 5.41 Å². The van der Waals surface area contributed by atoms with E-state index in [0.717, 1.165) is 0 Å². The number of allylic oxidation sites excluding steroid dienone is 4. The number of halogens is 3. The average molecular weight is 607 g/mol. The van der Waals surface area contributed by atoms with Gasteiger partial charge in [-0.05, 0) is 0 Å². The largest absolute Gasteiger partial charge is 0 e. The van der Waals surface area contributed by atoms with Crippen LogP contribution in [0.15, 0.2) is 16.7 Å². The quantitative estimate of drug-likeness (QED) is 0.292. The fourth-order valence-electron chi connectivity index (χ4n) is 1.41. The molecule has 0 aromatic rings. The van der Waals surface area contributed by atoms with E-state index in [-0.39, 0.29) is 31.6 Å². The van der Waals surface area contributed by atoms with Crippen LogP contribution in [0.2, 0.25) is 0 Å². The molecular weight excluding hydrogens is 592 g/mol. The minimum atomic E-state index is 0. The van der Waals surface area contributed by atoms with Crippen molar-refractivity contribution >= 4 is 37.2 Å². The maximum atomic E-state index is 3.44. The predicted octanol–water partition coefficient (Wildman–Crippen LogP) is 1.88. The Hall–Kier alpha value is 2.55. The second kappa shape index (κ2) is 8.62. The smallest absolute Gasteiger partial charge is 0 e. The summed E-state index contributed by atoms with van der Waals surface area (Å²) < 4.78 is 0. The van der Waals surface area contributed by atoms with Gasteiger partial charge in [0.2, 0.25) is 0 Å². The average Bonchev–Trinajstić information content (AvgIpc) is 2.16. The molecule has 0 saturated heterocycles. The Kier molecular flexibility index (Phi) is 11.6. The fraction of sp³-hybridized carbons (Fsp3) is 0.600. The fourth-order valence-corrected chi connectivity index (χ4v) is 1.41. The summed E-state index contributed by atoms with van der Waals surface area (Å²) in [6, 6.07) is 0.